The van der Waals surface area contributed by atoms with Gasteiger partial charge in [-0.15, -0.1) is 11.3 Å². The number of pyridine rings is 1. The zero-order valence-electron chi connectivity index (χ0n) is 11.4. The Labute approximate surface area is 132 Å². The highest BCUT2D eigenvalue weighted by atomic mass is 32.1. The molecule has 0 saturated heterocycles. The molecule has 0 aromatic carbocycles. The average Bonchev–Trinajstić information content (AvgIpc) is 3.00. The summed E-state index contributed by atoms with van der Waals surface area (Å²) in [5.74, 6) is -1.63. The molecule has 5 N–H and O–H groups in total. The lowest BCUT2D eigenvalue weighted by Crippen LogP contribution is -2.48. The lowest BCUT2D eigenvalue weighted by Gasteiger charge is -2.26. The number of thiazole rings is 1. The van der Waals surface area contributed by atoms with E-state index in [1.165, 1.54) is 35.2 Å². The molecule has 2 aromatic rings. The minimum Gasteiger partial charge on any atom is -0.370 e. The van der Waals surface area contributed by atoms with Crippen molar-refractivity contribution in [1.29, 1.82) is 0 Å². The first-order valence-corrected chi connectivity index (χ1v) is 7.10. The van der Waals surface area contributed by atoms with Crippen LogP contribution in [0.2, 0.25) is 0 Å². The lowest BCUT2D eigenvalue weighted by atomic mass is 10.2. The van der Waals surface area contributed by atoms with Crippen molar-refractivity contribution in [3.8, 4) is 0 Å². The van der Waals surface area contributed by atoms with Gasteiger partial charge >= 0.3 is 6.18 Å². The van der Waals surface area contributed by atoms with Crippen LogP contribution in [0, 0.1) is 0 Å². The number of guanidine groups is 1. The van der Waals surface area contributed by atoms with Crippen LogP contribution in [0.4, 0.5) is 13.2 Å². The monoisotopic (exact) mass is 341 g/mol. The first-order valence-electron chi connectivity index (χ1n) is 6.22. The maximum atomic E-state index is 12.8. The van der Waals surface area contributed by atoms with Gasteiger partial charge in [-0.1, -0.05) is 6.07 Å². The summed E-state index contributed by atoms with van der Waals surface area (Å²) in [5, 5.41) is 2.58. The summed E-state index contributed by atoms with van der Waals surface area (Å²) in [4.78, 5) is 16.1. The largest absolute Gasteiger partial charge is 0.433 e. The number of aliphatic imine (C=N–C) groups is 2. The van der Waals surface area contributed by atoms with E-state index in [1.807, 2.05) is 0 Å². The Hall–Kier alpha value is -2.53. The van der Waals surface area contributed by atoms with E-state index >= 15 is 0 Å². The van der Waals surface area contributed by atoms with Gasteiger partial charge in [0.15, 0.2) is 11.8 Å². The Kier molecular flexibility index (Phi) is 3.53. The topological polar surface area (TPSA) is 115 Å². The van der Waals surface area contributed by atoms with Gasteiger partial charge in [-0.2, -0.15) is 13.2 Å². The molecule has 1 atom stereocenters. The fourth-order valence-electron chi connectivity index (χ4n) is 1.91. The smallest absolute Gasteiger partial charge is 0.370 e. The number of nitrogens with one attached hydrogen (secondary N) is 1. The molecule has 0 fully saturated rings. The number of amidine groups is 1. The number of rotatable bonds is 2. The molecule has 0 spiro atoms. The minimum absolute atomic E-state index is 0.000463. The molecule has 0 saturated carbocycles. The van der Waals surface area contributed by atoms with E-state index in [0.29, 0.717) is 4.88 Å². The van der Waals surface area contributed by atoms with Crippen molar-refractivity contribution < 1.29 is 13.2 Å². The summed E-state index contributed by atoms with van der Waals surface area (Å²) < 4.78 is 38.4. The summed E-state index contributed by atoms with van der Waals surface area (Å²) in [7, 11) is 0. The van der Waals surface area contributed by atoms with E-state index in [-0.39, 0.29) is 17.5 Å². The van der Waals surface area contributed by atoms with Crippen LogP contribution in [0.5, 0.6) is 0 Å². The van der Waals surface area contributed by atoms with Crippen LogP contribution in [0.1, 0.15) is 16.3 Å². The second kappa shape index (κ2) is 5.28. The summed E-state index contributed by atoms with van der Waals surface area (Å²) >= 11 is 1.20. The van der Waals surface area contributed by atoms with E-state index in [2.05, 4.69) is 25.3 Å². The average molecular weight is 341 g/mol. The number of hydrogen-bond acceptors (Lipinski definition) is 8. The van der Waals surface area contributed by atoms with Crippen molar-refractivity contribution in [2.45, 2.75) is 12.0 Å². The van der Waals surface area contributed by atoms with E-state index in [0.717, 1.165) is 6.07 Å². The molecule has 0 radical (unpaired) electrons. The summed E-state index contributed by atoms with van der Waals surface area (Å²) in [6, 6.07) is 3.46. The number of aromatic nitrogens is 2. The second-order valence-electron chi connectivity index (χ2n) is 4.58. The van der Waals surface area contributed by atoms with Crippen molar-refractivity contribution in [1.82, 2.24) is 15.3 Å². The Morgan fingerprint density at radius 2 is 2.00 bits per heavy atom. The van der Waals surface area contributed by atoms with Gasteiger partial charge in [0.05, 0.1) is 10.4 Å². The fraction of sp³-hybridized carbons (Fsp3) is 0.167. The van der Waals surface area contributed by atoms with Crippen LogP contribution in [0.25, 0.3) is 0 Å². The Balaban J connectivity index is 2.05. The lowest BCUT2D eigenvalue weighted by molar-refractivity contribution is -0.141. The maximum Gasteiger partial charge on any atom is 0.433 e. The first-order chi connectivity index (χ1) is 10.8. The predicted octanol–water partition coefficient (Wildman–Crippen LogP) is 0.991. The van der Waals surface area contributed by atoms with Gasteiger partial charge in [-0.25, -0.2) is 15.0 Å². The number of hydrogen-bond donors (Lipinski definition) is 3. The van der Waals surface area contributed by atoms with Gasteiger partial charge in [0.1, 0.15) is 11.4 Å². The van der Waals surface area contributed by atoms with Crippen LogP contribution in [0.15, 0.2) is 39.9 Å². The highest BCUT2D eigenvalue weighted by molar-refractivity contribution is 7.09. The molecule has 1 aliphatic heterocycles. The summed E-state index contributed by atoms with van der Waals surface area (Å²) in [6.45, 7) is 0. The number of halogens is 3. The zero-order valence-corrected chi connectivity index (χ0v) is 12.2. The van der Waals surface area contributed by atoms with Crippen LogP contribution in [-0.2, 0) is 12.0 Å². The van der Waals surface area contributed by atoms with Gasteiger partial charge in [-0.05, 0) is 12.1 Å². The van der Waals surface area contributed by atoms with Gasteiger partial charge in [0.2, 0.25) is 5.79 Å². The number of nitrogens with zero attached hydrogens (tertiary/aromatic N) is 4. The van der Waals surface area contributed by atoms with Crippen molar-refractivity contribution in [3.63, 3.8) is 0 Å². The van der Waals surface area contributed by atoms with Crippen molar-refractivity contribution in [2.75, 3.05) is 0 Å². The van der Waals surface area contributed by atoms with Crippen molar-refractivity contribution >= 4 is 23.1 Å². The van der Waals surface area contributed by atoms with E-state index < -0.39 is 17.7 Å². The molecule has 120 valence electrons. The van der Waals surface area contributed by atoms with Crippen LogP contribution in [0.3, 0.4) is 0 Å². The van der Waals surface area contributed by atoms with Crippen LogP contribution >= 0.6 is 11.3 Å². The molecule has 0 bridgehead atoms. The normalized spacial score (nSPS) is 21.4. The first kappa shape index (κ1) is 15.4. The highest BCUT2D eigenvalue weighted by Gasteiger charge is 2.35. The quantitative estimate of drug-likeness (QED) is 0.754. The molecule has 0 aliphatic carbocycles. The molecule has 3 rings (SSSR count). The number of nitrogens with two attached hydrogens (primary N) is 2. The zero-order chi connectivity index (χ0) is 16.7. The standard InChI is InChI=1S/C12H10F3N7S/c13-11(14,15)7-3-1-2-6(19-7)9-20-10(16)22-12(17,21-9)8-4-18-5-23-8/h1-5H,17H2,(H3,16,20,21,22). The van der Waals surface area contributed by atoms with E-state index in [4.69, 9.17) is 11.5 Å². The highest BCUT2D eigenvalue weighted by Crippen LogP contribution is 2.29. The van der Waals surface area contributed by atoms with Gasteiger partial charge in [0.25, 0.3) is 0 Å². The third kappa shape index (κ3) is 3.00. The molecule has 1 aliphatic rings. The van der Waals surface area contributed by atoms with Gasteiger partial charge < -0.3 is 11.1 Å². The minimum atomic E-state index is -4.57. The summed E-state index contributed by atoms with van der Waals surface area (Å²) in [5.41, 5.74) is 12.2. The molecule has 2 aromatic heterocycles. The Bertz CT molecular complexity index is 784. The van der Waals surface area contributed by atoms with Crippen molar-refractivity contribution in [3.05, 3.63) is 46.2 Å². The summed E-state index contributed by atoms with van der Waals surface area (Å²) in [6.07, 6.45) is -3.10. The van der Waals surface area contributed by atoms with E-state index in [9.17, 15) is 13.2 Å². The predicted molar refractivity (Wildman–Crippen MR) is 78.5 cm³/mol. The Morgan fingerprint density at radius 1 is 1.22 bits per heavy atom. The molecule has 1 unspecified atom stereocenters. The molecule has 11 heteroatoms. The molecule has 3 heterocycles. The van der Waals surface area contributed by atoms with Crippen molar-refractivity contribution in [2.24, 2.45) is 21.5 Å². The SMILES string of the molecule is NC1=NC(N)(c2cncs2)N=C(c2cccc(C(F)(F)F)n2)N1. The van der Waals surface area contributed by atoms with Crippen LogP contribution < -0.4 is 16.8 Å². The van der Waals surface area contributed by atoms with Gasteiger partial charge in [-0.3, -0.25) is 10.7 Å². The maximum absolute atomic E-state index is 12.8. The molecule has 7 nitrogen and oxygen atoms in total. The molecule has 23 heavy (non-hydrogen) atoms. The third-order valence-corrected chi connectivity index (χ3v) is 3.78. The molecule has 0 amide bonds. The molecular formula is C12H10F3N7S. The Morgan fingerprint density at radius 3 is 2.65 bits per heavy atom. The van der Waals surface area contributed by atoms with E-state index in [1.54, 1.807) is 0 Å². The third-order valence-electron chi connectivity index (χ3n) is 2.90. The number of alkyl halides is 3. The molecular weight excluding hydrogens is 331 g/mol. The van der Waals surface area contributed by atoms with Crippen LogP contribution in [-0.4, -0.2) is 21.8 Å². The second-order valence-corrected chi connectivity index (χ2v) is 5.47. The fourth-order valence-corrected chi connectivity index (χ4v) is 2.53. The van der Waals surface area contributed by atoms with Gasteiger partial charge in [0, 0.05) is 6.20 Å².